The molecule has 36 heavy (non-hydrogen) atoms. The van der Waals surface area contributed by atoms with Crippen LogP contribution in [0.1, 0.15) is 5.56 Å². The van der Waals surface area contributed by atoms with Crippen molar-refractivity contribution in [1.29, 1.82) is 0 Å². The van der Waals surface area contributed by atoms with Crippen LogP contribution in [0, 0.1) is 0 Å². The maximum atomic E-state index is 12.2. The third-order valence-electron chi connectivity index (χ3n) is 4.44. The van der Waals surface area contributed by atoms with Crippen molar-refractivity contribution in [3.05, 3.63) is 96.0 Å². The van der Waals surface area contributed by atoms with Gasteiger partial charge in [0.05, 0.1) is 6.21 Å². The quantitative estimate of drug-likeness (QED) is 0.166. The van der Waals surface area contributed by atoms with Gasteiger partial charge >= 0.3 is 11.8 Å². The van der Waals surface area contributed by atoms with Crippen LogP contribution in [-0.4, -0.2) is 37.1 Å². The lowest BCUT2D eigenvalue weighted by Crippen LogP contribution is -2.32. The molecule has 0 fully saturated rings. The van der Waals surface area contributed by atoms with Crippen LogP contribution in [0.15, 0.2) is 90.6 Å². The summed E-state index contributed by atoms with van der Waals surface area (Å²) < 4.78 is 10.9. The molecule has 9 nitrogen and oxygen atoms in total. The van der Waals surface area contributed by atoms with Gasteiger partial charge in [0.2, 0.25) is 0 Å². The molecule has 0 bridgehead atoms. The highest BCUT2D eigenvalue weighted by molar-refractivity contribution is 6.39. The van der Waals surface area contributed by atoms with Crippen molar-refractivity contribution in [1.82, 2.24) is 5.43 Å². The Balaban J connectivity index is 1.50. The van der Waals surface area contributed by atoms with Crippen molar-refractivity contribution in [2.24, 2.45) is 5.10 Å². The summed E-state index contributed by atoms with van der Waals surface area (Å²) in [5.74, 6) is -1.27. The molecular weight excluding hydrogens is 484 g/mol. The molecule has 0 aliphatic carbocycles. The van der Waals surface area contributed by atoms with Gasteiger partial charge in [0, 0.05) is 22.0 Å². The fraction of sp³-hybridized carbons (Fsp3) is 0.0769. The van der Waals surface area contributed by atoms with Crippen LogP contribution in [0.5, 0.6) is 11.5 Å². The Morgan fingerprint density at radius 2 is 1.67 bits per heavy atom. The van der Waals surface area contributed by atoms with Gasteiger partial charge in [-0.3, -0.25) is 14.4 Å². The van der Waals surface area contributed by atoms with Gasteiger partial charge in [0.25, 0.3) is 5.91 Å². The number of hydrazone groups is 1. The van der Waals surface area contributed by atoms with Gasteiger partial charge in [-0.05, 0) is 54.6 Å². The molecule has 3 rings (SSSR count). The third-order valence-corrected chi connectivity index (χ3v) is 4.68. The zero-order valence-electron chi connectivity index (χ0n) is 19.1. The maximum Gasteiger partial charge on any atom is 0.329 e. The Hall–Kier alpha value is -4.63. The Kier molecular flexibility index (Phi) is 9.60. The highest BCUT2D eigenvalue weighted by Crippen LogP contribution is 2.18. The molecule has 10 heteroatoms. The van der Waals surface area contributed by atoms with E-state index in [1.807, 2.05) is 0 Å². The number of rotatable bonds is 10. The molecule has 3 aromatic carbocycles. The number of para-hydroxylation sites is 1. The summed E-state index contributed by atoms with van der Waals surface area (Å²) in [6.07, 6.45) is 2.92. The number of amides is 3. The molecule has 0 atom stereocenters. The van der Waals surface area contributed by atoms with E-state index in [1.165, 1.54) is 6.21 Å². The van der Waals surface area contributed by atoms with Gasteiger partial charge in [-0.25, -0.2) is 5.43 Å². The highest BCUT2D eigenvalue weighted by Gasteiger charge is 2.13. The molecule has 0 heterocycles. The van der Waals surface area contributed by atoms with Crippen molar-refractivity contribution < 1.29 is 23.9 Å². The summed E-state index contributed by atoms with van der Waals surface area (Å²) in [4.78, 5) is 36.4. The molecule has 0 saturated carbocycles. The lowest BCUT2D eigenvalue weighted by molar-refractivity contribution is -0.136. The van der Waals surface area contributed by atoms with E-state index in [-0.39, 0.29) is 12.5 Å². The van der Waals surface area contributed by atoms with E-state index in [0.29, 0.717) is 40.1 Å². The van der Waals surface area contributed by atoms with Crippen LogP contribution in [0.3, 0.4) is 0 Å². The van der Waals surface area contributed by atoms with E-state index < -0.39 is 11.8 Å². The first-order valence-electron chi connectivity index (χ1n) is 10.7. The molecule has 3 N–H and O–H groups in total. The molecule has 0 aliphatic heterocycles. The number of nitrogens with one attached hydrogen (secondary N) is 3. The van der Waals surface area contributed by atoms with Gasteiger partial charge in [0.1, 0.15) is 18.1 Å². The van der Waals surface area contributed by atoms with Crippen LogP contribution in [0.2, 0.25) is 5.02 Å². The SMILES string of the molecule is C=CCOc1ccc(NC(=O)C(=O)N/N=C\c2ccccc2OCC(=O)Nc2cccc(Cl)c2)cc1. The van der Waals surface area contributed by atoms with E-state index in [9.17, 15) is 14.4 Å². The van der Waals surface area contributed by atoms with Crippen molar-refractivity contribution in [3.63, 3.8) is 0 Å². The summed E-state index contributed by atoms with van der Waals surface area (Å²) in [7, 11) is 0. The maximum absolute atomic E-state index is 12.2. The molecule has 0 aliphatic rings. The van der Waals surface area contributed by atoms with E-state index in [4.69, 9.17) is 21.1 Å². The number of anilines is 2. The van der Waals surface area contributed by atoms with E-state index in [2.05, 4.69) is 27.7 Å². The largest absolute Gasteiger partial charge is 0.490 e. The second-order valence-corrected chi connectivity index (χ2v) is 7.60. The van der Waals surface area contributed by atoms with Crippen LogP contribution in [0.25, 0.3) is 0 Å². The topological polar surface area (TPSA) is 118 Å². The van der Waals surface area contributed by atoms with Gasteiger partial charge in [-0.1, -0.05) is 42.5 Å². The molecule has 0 unspecified atom stereocenters. The lowest BCUT2D eigenvalue weighted by atomic mass is 10.2. The average molecular weight is 507 g/mol. The number of halogens is 1. The predicted octanol–water partition coefficient (Wildman–Crippen LogP) is 4.01. The average Bonchev–Trinajstić information content (AvgIpc) is 2.87. The zero-order chi connectivity index (χ0) is 25.8. The summed E-state index contributed by atoms with van der Waals surface area (Å²) in [6, 6.07) is 20.0. The first-order valence-corrected chi connectivity index (χ1v) is 11.1. The van der Waals surface area contributed by atoms with E-state index in [0.717, 1.165) is 0 Å². The molecule has 0 radical (unpaired) electrons. The number of nitrogens with zero attached hydrogens (tertiary/aromatic N) is 1. The van der Waals surface area contributed by atoms with E-state index >= 15 is 0 Å². The minimum Gasteiger partial charge on any atom is -0.490 e. The van der Waals surface area contributed by atoms with Crippen molar-refractivity contribution in [3.8, 4) is 11.5 Å². The number of benzene rings is 3. The van der Waals surface area contributed by atoms with Crippen molar-refractivity contribution >= 4 is 46.9 Å². The Morgan fingerprint density at radius 1 is 0.889 bits per heavy atom. The Bertz CT molecular complexity index is 1260. The second kappa shape index (κ2) is 13.3. The lowest BCUT2D eigenvalue weighted by Gasteiger charge is -2.10. The highest BCUT2D eigenvalue weighted by atomic mass is 35.5. The second-order valence-electron chi connectivity index (χ2n) is 7.16. The predicted molar refractivity (Wildman–Crippen MR) is 139 cm³/mol. The molecule has 0 saturated heterocycles. The minimum absolute atomic E-state index is 0.260. The monoisotopic (exact) mass is 506 g/mol. The fourth-order valence-electron chi connectivity index (χ4n) is 2.81. The van der Waals surface area contributed by atoms with Gasteiger partial charge in [-0.15, -0.1) is 0 Å². The van der Waals surface area contributed by atoms with Gasteiger partial charge in [-0.2, -0.15) is 5.10 Å². The summed E-state index contributed by atoms with van der Waals surface area (Å²) >= 11 is 5.91. The van der Waals surface area contributed by atoms with Crippen molar-refractivity contribution in [2.75, 3.05) is 23.8 Å². The van der Waals surface area contributed by atoms with E-state index in [1.54, 1.807) is 78.9 Å². The summed E-state index contributed by atoms with van der Waals surface area (Å²) in [6.45, 7) is 3.67. The molecule has 184 valence electrons. The Morgan fingerprint density at radius 3 is 2.42 bits per heavy atom. The first-order chi connectivity index (χ1) is 17.4. The Labute approximate surface area is 212 Å². The van der Waals surface area contributed by atoms with Crippen LogP contribution in [0.4, 0.5) is 11.4 Å². The van der Waals surface area contributed by atoms with Crippen LogP contribution in [-0.2, 0) is 14.4 Å². The van der Waals surface area contributed by atoms with Gasteiger partial charge < -0.3 is 20.1 Å². The van der Waals surface area contributed by atoms with Crippen molar-refractivity contribution in [2.45, 2.75) is 0 Å². The molecule has 3 aromatic rings. The number of carbonyl (C=O) groups is 3. The molecule has 3 amide bonds. The third kappa shape index (κ3) is 8.30. The van der Waals surface area contributed by atoms with Crippen LogP contribution < -0.4 is 25.5 Å². The summed E-state index contributed by atoms with van der Waals surface area (Å²) in [5.41, 5.74) is 3.61. The first kappa shape index (κ1) is 26.0. The molecule has 0 aromatic heterocycles. The minimum atomic E-state index is -0.961. The summed E-state index contributed by atoms with van der Waals surface area (Å²) in [5, 5.41) is 9.45. The number of carbonyl (C=O) groups excluding carboxylic acids is 3. The molecular formula is C26H23ClN4O5. The fourth-order valence-corrected chi connectivity index (χ4v) is 3.00. The number of ether oxygens (including phenoxy) is 2. The van der Waals surface area contributed by atoms with Gasteiger partial charge in [0.15, 0.2) is 6.61 Å². The number of hydrogen-bond acceptors (Lipinski definition) is 6. The zero-order valence-corrected chi connectivity index (χ0v) is 19.8. The normalized spacial score (nSPS) is 10.4. The smallest absolute Gasteiger partial charge is 0.329 e. The number of hydrogen-bond donors (Lipinski definition) is 3. The molecule has 0 spiro atoms. The van der Waals surface area contributed by atoms with Crippen LogP contribution >= 0.6 is 11.6 Å². The standard InChI is InChI=1S/C26H23ClN4O5/c1-2-14-35-22-12-10-20(11-13-22)30-25(33)26(34)31-28-16-18-6-3-4-9-23(18)36-17-24(32)29-21-8-5-7-19(27)15-21/h2-13,15-16H,1,14,17H2,(H,29,32)(H,30,33)(H,31,34)/b28-16-.